The molecule has 0 spiro atoms. The lowest BCUT2D eigenvalue weighted by Gasteiger charge is -2.02. The molecule has 0 atom stereocenters. The van der Waals surface area contributed by atoms with Crippen molar-refractivity contribution in [2.75, 3.05) is 25.9 Å². The molecule has 2 aromatic rings. The summed E-state index contributed by atoms with van der Waals surface area (Å²) in [6.07, 6.45) is 0. The average molecular weight is 264 g/mol. The molecule has 19 heavy (non-hydrogen) atoms. The molecular weight excluding hydrogens is 240 g/mol. The molecule has 0 radical (unpaired) electrons. The molecule has 5 nitrogen and oxygen atoms in total. The number of nitrogens with zero attached hydrogens (tertiary/aromatic N) is 2. The lowest BCUT2D eigenvalue weighted by molar-refractivity contribution is 0.415. The Bertz CT molecular complexity index is 505. The summed E-state index contributed by atoms with van der Waals surface area (Å²) in [5.41, 5.74) is 7.69. The van der Waals surface area contributed by atoms with Crippen LogP contribution in [-0.4, -0.2) is 29.8 Å². The molecular formula is C14H24N4O. The summed E-state index contributed by atoms with van der Waals surface area (Å²) in [4.78, 5) is 4.24. The van der Waals surface area contributed by atoms with Crippen LogP contribution >= 0.6 is 0 Å². The molecule has 2 rings (SSSR count). The van der Waals surface area contributed by atoms with Crippen molar-refractivity contribution in [1.29, 1.82) is 0 Å². The van der Waals surface area contributed by atoms with Gasteiger partial charge in [0.2, 0.25) is 5.95 Å². The highest BCUT2D eigenvalue weighted by molar-refractivity contribution is 5.79. The number of imidazole rings is 1. The third-order valence-corrected chi connectivity index (χ3v) is 2.80. The predicted molar refractivity (Wildman–Crippen MR) is 80.6 cm³/mol. The third-order valence-electron chi connectivity index (χ3n) is 2.80. The molecule has 0 aliphatic rings. The van der Waals surface area contributed by atoms with Crippen molar-refractivity contribution in [2.24, 2.45) is 0 Å². The number of nitrogens with two attached hydrogens (primary N) is 1. The Kier molecular flexibility index (Phi) is 6.15. The van der Waals surface area contributed by atoms with E-state index in [0.29, 0.717) is 5.95 Å². The molecule has 5 heteroatoms. The first-order valence-corrected chi connectivity index (χ1v) is 6.68. The quantitative estimate of drug-likeness (QED) is 0.889. The van der Waals surface area contributed by atoms with E-state index in [0.717, 1.165) is 36.4 Å². The number of aromatic nitrogens is 2. The number of nitrogen functional groups attached to an aromatic ring is 1. The molecule has 1 heterocycles. The molecule has 0 unspecified atom stereocenters. The van der Waals surface area contributed by atoms with Crippen molar-refractivity contribution in [3.8, 4) is 5.75 Å². The SMILES string of the molecule is CCNCC.CCn1c(N)nc2ccc(OC)cc21. The Balaban J connectivity index is 0.000000312. The van der Waals surface area contributed by atoms with Crippen molar-refractivity contribution in [1.82, 2.24) is 14.9 Å². The van der Waals surface area contributed by atoms with Gasteiger partial charge in [-0.05, 0) is 32.1 Å². The number of ether oxygens (including phenoxy) is 1. The number of nitrogens with one attached hydrogen (secondary N) is 1. The predicted octanol–water partition coefficient (Wildman–Crippen LogP) is 2.26. The first kappa shape index (κ1) is 15.3. The van der Waals surface area contributed by atoms with Crippen molar-refractivity contribution >= 4 is 17.0 Å². The average Bonchev–Trinajstić information content (AvgIpc) is 2.74. The second kappa shape index (κ2) is 7.63. The van der Waals surface area contributed by atoms with Crippen LogP contribution in [0.1, 0.15) is 20.8 Å². The van der Waals surface area contributed by atoms with Crippen LogP contribution in [0.3, 0.4) is 0 Å². The second-order valence-electron chi connectivity index (χ2n) is 4.03. The van der Waals surface area contributed by atoms with Crippen LogP contribution in [0.5, 0.6) is 5.75 Å². The van der Waals surface area contributed by atoms with Crippen LogP contribution in [-0.2, 0) is 6.54 Å². The molecule has 0 fully saturated rings. The summed E-state index contributed by atoms with van der Waals surface area (Å²) in [7, 11) is 1.65. The van der Waals surface area contributed by atoms with E-state index in [1.54, 1.807) is 7.11 Å². The maximum Gasteiger partial charge on any atom is 0.201 e. The molecule has 0 saturated heterocycles. The van der Waals surface area contributed by atoms with Crippen LogP contribution in [0.2, 0.25) is 0 Å². The summed E-state index contributed by atoms with van der Waals surface area (Å²) in [5.74, 6) is 1.38. The summed E-state index contributed by atoms with van der Waals surface area (Å²) in [5, 5.41) is 3.11. The standard InChI is InChI=1S/C10H13N3O.C4H11N/c1-3-13-9-6-7(14-2)4-5-8(9)12-10(13)11;1-3-5-4-2/h4-6H,3H2,1-2H3,(H2,11,12);5H,3-4H2,1-2H3. The number of anilines is 1. The van der Waals surface area contributed by atoms with Crippen molar-refractivity contribution in [3.05, 3.63) is 18.2 Å². The number of rotatable bonds is 4. The summed E-state index contributed by atoms with van der Waals surface area (Å²) >= 11 is 0. The fraction of sp³-hybridized carbons (Fsp3) is 0.500. The van der Waals surface area contributed by atoms with Gasteiger partial charge in [-0.3, -0.25) is 0 Å². The second-order valence-corrected chi connectivity index (χ2v) is 4.03. The topological polar surface area (TPSA) is 65.1 Å². The molecule has 0 bridgehead atoms. The van der Waals surface area contributed by atoms with Gasteiger partial charge < -0.3 is 20.4 Å². The van der Waals surface area contributed by atoms with Gasteiger partial charge in [0.05, 0.1) is 18.1 Å². The molecule has 1 aromatic heterocycles. The highest BCUT2D eigenvalue weighted by Crippen LogP contribution is 2.22. The summed E-state index contributed by atoms with van der Waals surface area (Å²) in [6.45, 7) is 9.24. The van der Waals surface area contributed by atoms with Gasteiger partial charge in [0.1, 0.15) is 5.75 Å². The summed E-state index contributed by atoms with van der Waals surface area (Å²) < 4.78 is 7.11. The molecule has 0 saturated carbocycles. The van der Waals surface area contributed by atoms with Gasteiger partial charge >= 0.3 is 0 Å². The Hall–Kier alpha value is -1.75. The molecule has 106 valence electrons. The van der Waals surface area contributed by atoms with Crippen molar-refractivity contribution in [2.45, 2.75) is 27.3 Å². The van der Waals surface area contributed by atoms with Crippen molar-refractivity contribution < 1.29 is 4.74 Å². The number of hydrogen-bond donors (Lipinski definition) is 2. The minimum absolute atomic E-state index is 0.552. The first-order chi connectivity index (χ1) is 9.17. The normalized spacial score (nSPS) is 10.1. The molecule has 0 amide bonds. The minimum atomic E-state index is 0.552. The van der Waals surface area contributed by atoms with Gasteiger partial charge in [0.25, 0.3) is 0 Å². The van der Waals surface area contributed by atoms with E-state index in [-0.39, 0.29) is 0 Å². The smallest absolute Gasteiger partial charge is 0.201 e. The fourth-order valence-electron chi connectivity index (χ4n) is 1.83. The van der Waals surface area contributed by atoms with Gasteiger partial charge in [-0.2, -0.15) is 0 Å². The number of methoxy groups -OCH3 is 1. The minimum Gasteiger partial charge on any atom is -0.497 e. The maximum atomic E-state index is 5.77. The Morgan fingerprint density at radius 1 is 1.26 bits per heavy atom. The van der Waals surface area contributed by atoms with E-state index in [4.69, 9.17) is 10.5 Å². The van der Waals surface area contributed by atoms with Gasteiger partial charge in [-0.1, -0.05) is 13.8 Å². The molecule has 0 aliphatic heterocycles. The van der Waals surface area contributed by atoms with E-state index < -0.39 is 0 Å². The zero-order chi connectivity index (χ0) is 14.3. The van der Waals surface area contributed by atoms with Crippen LogP contribution < -0.4 is 15.8 Å². The number of hydrogen-bond acceptors (Lipinski definition) is 4. The van der Waals surface area contributed by atoms with Gasteiger partial charge in [0, 0.05) is 12.6 Å². The van der Waals surface area contributed by atoms with E-state index in [1.807, 2.05) is 29.7 Å². The third kappa shape index (κ3) is 3.86. The monoisotopic (exact) mass is 264 g/mol. The van der Waals surface area contributed by atoms with Crippen LogP contribution in [0.25, 0.3) is 11.0 Å². The number of aryl methyl sites for hydroxylation is 1. The highest BCUT2D eigenvalue weighted by atomic mass is 16.5. The van der Waals surface area contributed by atoms with E-state index in [9.17, 15) is 0 Å². The Morgan fingerprint density at radius 3 is 2.42 bits per heavy atom. The Morgan fingerprint density at radius 2 is 1.95 bits per heavy atom. The molecule has 0 aliphatic carbocycles. The van der Waals surface area contributed by atoms with Crippen LogP contribution in [0.4, 0.5) is 5.95 Å². The lowest BCUT2D eigenvalue weighted by Crippen LogP contribution is -2.09. The zero-order valence-electron chi connectivity index (χ0n) is 12.2. The van der Waals surface area contributed by atoms with E-state index in [2.05, 4.69) is 24.1 Å². The largest absolute Gasteiger partial charge is 0.497 e. The Labute approximate surface area is 114 Å². The van der Waals surface area contributed by atoms with Gasteiger partial charge in [-0.25, -0.2) is 4.98 Å². The van der Waals surface area contributed by atoms with Crippen LogP contribution in [0, 0.1) is 0 Å². The first-order valence-electron chi connectivity index (χ1n) is 6.68. The molecule has 1 aromatic carbocycles. The highest BCUT2D eigenvalue weighted by Gasteiger charge is 2.06. The van der Waals surface area contributed by atoms with Gasteiger partial charge in [0.15, 0.2) is 0 Å². The van der Waals surface area contributed by atoms with Crippen LogP contribution in [0.15, 0.2) is 18.2 Å². The van der Waals surface area contributed by atoms with E-state index >= 15 is 0 Å². The summed E-state index contributed by atoms with van der Waals surface area (Å²) in [6, 6.07) is 5.74. The number of benzene rings is 1. The zero-order valence-corrected chi connectivity index (χ0v) is 12.2. The van der Waals surface area contributed by atoms with E-state index in [1.165, 1.54) is 0 Å². The fourth-order valence-corrected chi connectivity index (χ4v) is 1.83. The maximum absolute atomic E-state index is 5.77. The van der Waals surface area contributed by atoms with Gasteiger partial charge in [-0.15, -0.1) is 0 Å². The lowest BCUT2D eigenvalue weighted by atomic mass is 10.3. The van der Waals surface area contributed by atoms with Crippen molar-refractivity contribution in [3.63, 3.8) is 0 Å². The number of fused-ring (bicyclic) bond motifs is 1. The molecule has 3 N–H and O–H groups in total.